The first-order valence-corrected chi connectivity index (χ1v) is 11.6. The molecule has 0 saturated carbocycles. The number of hydrogen-bond donors (Lipinski definition) is 1. The molecular weight excluding hydrogens is 410 g/mol. The summed E-state index contributed by atoms with van der Waals surface area (Å²) in [5.74, 6) is 0.122. The predicted octanol–water partition coefficient (Wildman–Crippen LogP) is 4.28. The van der Waals surface area contributed by atoms with E-state index in [4.69, 9.17) is 0 Å². The van der Waals surface area contributed by atoms with E-state index in [0.29, 0.717) is 32.4 Å². The van der Waals surface area contributed by atoms with Gasteiger partial charge in [-0.15, -0.1) is 0 Å². The number of amides is 2. The number of carbonyl (C=O) groups is 2. The van der Waals surface area contributed by atoms with Crippen LogP contribution in [0.4, 0.5) is 0 Å². The molecule has 2 aromatic carbocycles. The number of hydrogen-bond acceptors (Lipinski definition) is 3. The summed E-state index contributed by atoms with van der Waals surface area (Å²) < 4.78 is 0. The molecule has 1 fully saturated rings. The molecule has 1 atom stereocenters. The Kier molecular flexibility index (Phi) is 7.18. The molecule has 1 aromatic heterocycles. The summed E-state index contributed by atoms with van der Waals surface area (Å²) >= 11 is 0. The minimum absolute atomic E-state index is 0.00375. The van der Waals surface area contributed by atoms with E-state index in [1.165, 1.54) is 0 Å². The Morgan fingerprint density at radius 2 is 1.82 bits per heavy atom. The number of aryl methyl sites for hydroxylation is 1. The van der Waals surface area contributed by atoms with Gasteiger partial charge >= 0.3 is 0 Å². The van der Waals surface area contributed by atoms with E-state index in [1.807, 2.05) is 65.7 Å². The Labute approximate surface area is 195 Å². The Bertz CT molecular complexity index is 1080. The zero-order chi connectivity index (χ0) is 23.1. The zero-order valence-corrected chi connectivity index (χ0v) is 19.2. The van der Waals surface area contributed by atoms with Crippen LogP contribution in [0.1, 0.15) is 30.4 Å². The lowest BCUT2D eigenvalue weighted by atomic mass is 9.73. The van der Waals surface area contributed by atoms with Gasteiger partial charge in [-0.1, -0.05) is 60.7 Å². The molecule has 0 aliphatic carbocycles. The van der Waals surface area contributed by atoms with E-state index in [0.717, 1.165) is 35.1 Å². The molecule has 1 saturated heterocycles. The molecule has 0 spiro atoms. The van der Waals surface area contributed by atoms with Gasteiger partial charge in [0.25, 0.3) is 0 Å². The maximum atomic E-state index is 13.2. The number of benzene rings is 2. The van der Waals surface area contributed by atoms with Gasteiger partial charge in [0.05, 0.1) is 5.41 Å². The van der Waals surface area contributed by atoms with Crippen molar-refractivity contribution in [1.29, 1.82) is 0 Å². The third-order valence-electron chi connectivity index (χ3n) is 6.63. The van der Waals surface area contributed by atoms with E-state index in [2.05, 4.69) is 22.4 Å². The van der Waals surface area contributed by atoms with E-state index in [-0.39, 0.29) is 11.8 Å². The predicted molar refractivity (Wildman–Crippen MR) is 130 cm³/mol. The highest BCUT2D eigenvalue weighted by Gasteiger charge is 2.43. The third-order valence-corrected chi connectivity index (χ3v) is 6.63. The summed E-state index contributed by atoms with van der Waals surface area (Å²) in [6.45, 7) is 1.15. The van der Waals surface area contributed by atoms with Gasteiger partial charge in [-0.3, -0.25) is 14.6 Å². The van der Waals surface area contributed by atoms with E-state index in [1.54, 1.807) is 13.2 Å². The maximum Gasteiger partial charge on any atom is 0.228 e. The number of aromatic nitrogens is 1. The van der Waals surface area contributed by atoms with E-state index < -0.39 is 5.41 Å². The van der Waals surface area contributed by atoms with Gasteiger partial charge in [0.15, 0.2) is 0 Å². The lowest BCUT2D eigenvalue weighted by Crippen LogP contribution is -2.54. The first-order valence-electron chi connectivity index (χ1n) is 11.6. The van der Waals surface area contributed by atoms with Crippen LogP contribution in [0.25, 0.3) is 11.1 Å². The van der Waals surface area contributed by atoms with Crippen molar-refractivity contribution in [2.24, 2.45) is 5.41 Å². The SMILES string of the molecule is CNC(=O)[C@@]1(Cc2ccccc2-c2cccnc2)CCCN(C(=O)CCc2ccccc2)C1. The molecular formula is C28H31N3O2. The van der Waals surface area contributed by atoms with Crippen LogP contribution in [0.5, 0.6) is 0 Å². The first kappa shape index (κ1) is 22.7. The highest BCUT2D eigenvalue weighted by atomic mass is 16.2. The Morgan fingerprint density at radius 1 is 1.03 bits per heavy atom. The van der Waals surface area contributed by atoms with Crippen LogP contribution in [0.3, 0.4) is 0 Å². The van der Waals surface area contributed by atoms with Crippen LogP contribution in [-0.2, 0) is 22.4 Å². The molecule has 170 valence electrons. The van der Waals surface area contributed by atoms with Crippen molar-refractivity contribution in [2.75, 3.05) is 20.1 Å². The number of carbonyl (C=O) groups excluding carboxylic acids is 2. The van der Waals surface area contributed by atoms with Crippen molar-refractivity contribution >= 4 is 11.8 Å². The Morgan fingerprint density at radius 3 is 2.58 bits per heavy atom. The molecule has 2 amide bonds. The smallest absolute Gasteiger partial charge is 0.228 e. The van der Waals surface area contributed by atoms with Crippen molar-refractivity contribution in [3.63, 3.8) is 0 Å². The number of likely N-dealkylation sites (tertiary alicyclic amines) is 1. The molecule has 1 aliphatic heterocycles. The molecule has 0 bridgehead atoms. The van der Waals surface area contributed by atoms with Crippen molar-refractivity contribution in [3.8, 4) is 11.1 Å². The fraction of sp³-hybridized carbons (Fsp3) is 0.321. The maximum absolute atomic E-state index is 13.2. The normalized spacial score (nSPS) is 18.0. The number of rotatable bonds is 7. The Hall–Kier alpha value is -3.47. The molecule has 2 heterocycles. The molecule has 5 nitrogen and oxygen atoms in total. The van der Waals surface area contributed by atoms with Crippen LogP contribution in [0, 0.1) is 5.41 Å². The van der Waals surface area contributed by atoms with Crippen LogP contribution in [0.15, 0.2) is 79.1 Å². The van der Waals surface area contributed by atoms with Crippen LogP contribution >= 0.6 is 0 Å². The number of piperidine rings is 1. The van der Waals surface area contributed by atoms with E-state index >= 15 is 0 Å². The van der Waals surface area contributed by atoms with Crippen LogP contribution in [0.2, 0.25) is 0 Å². The summed E-state index contributed by atoms with van der Waals surface area (Å²) in [6, 6.07) is 22.2. The average molecular weight is 442 g/mol. The monoisotopic (exact) mass is 441 g/mol. The topological polar surface area (TPSA) is 62.3 Å². The minimum Gasteiger partial charge on any atom is -0.359 e. The van der Waals surface area contributed by atoms with Gasteiger partial charge < -0.3 is 10.2 Å². The van der Waals surface area contributed by atoms with Gasteiger partial charge in [-0.2, -0.15) is 0 Å². The first-order chi connectivity index (χ1) is 16.1. The van der Waals surface area contributed by atoms with Crippen molar-refractivity contribution in [1.82, 2.24) is 15.2 Å². The van der Waals surface area contributed by atoms with Gasteiger partial charge in [0.2, 0.25) is 11.8 Å². The van der Waals surface area contributed by atoms with Crippen molar-refractivity contribution in [3.05, 3.63) is 90.3 Å². The van der Waals surface area contributed by atoms with Gasteiger partial charge in [-0.25, -0.2) is 0 Å². The summed E-state index contributed by atoms with van der Waals surface area (Å²) in [5, 5.41) is 2.88. The fourth-order valence-corrected chi connectivity index (χ4v) is 4.92. The lowest BCUT2D eigenvalue weighted by molar-refractivity contribution is -0.141. The zero-order valence-electron chi connectivity index (χ0n) is 19.2. The van der Waals surface area contributed by atoms with Gasteiger partial charge in [-0.05, 0) is 48.4 Å². The molecule has 0 unspecified atom stereocenters. The summed E-state index contributed by atoms with van der Waals surface area (Å²) in [4.78, 5) is 32.5. The molecule has 33 heavy (non-hydrogen) atoms. The Balaban J connectivity index is 1.55. The summed E-state index contributed by atoms with van der Waals surface area (Å²) in [6.07, 6.45) is 6.95. The standard InChI is InChI=1S/C28H31N3O2/c1-29-27(33)28(19-23-11-5-6-13-25(23)24-12-7-17-30-20-24)16-8-18-31(21-28)26(32)15-14-22-9-3-2-4-10-22/h2-7,9-13,17,20H,8,14-16,18-19,21H2,1H3,(H,29,33)/t28-/m1/s1. The average Bonchev–Trinajstić information content (AvgIpc) is 2.88. The second-order valence-electron chi connectivity index (χ2n) is 8.84. The molecule has 1 aliphatic rings. The van der Waals surface area contributed by atoms with Crippen molar-refractivity contribution in [2.45, 2.75) is 32.1 Å². The highest BCUT2D eigenvalue weighted by Crippen LogP contribution is 2.37. The second kappa shape index (κ2) is 10.4. The quantitative estimate of drug-likeness (QED) is 0.595. The molecule has 3 aromatic rings. The summed E-state index contributed by atoms with van der Waals surface area (Å²) in [7, 11) is 1.69. The molecule has 1 N–H and O–H groups in total. The highest BCUT2D eigenvalue weighted by molar-refractivity contribution is 5.85. The number of nitrogens with zero attached hydrogens (tertiary/aromatic N) is 2. The second-order valence-corrected chi connectivity index (χ2v) is 8.84. The molecule has 5 heteroatoms. The number of nitrogens with one attached hydrogen (secondary N) is 1. The molecule has 4 rings (SSSR count). The minimum atomic E-state index is -0.645. The number of pyridine rings is 1. The lowest BCUT2D eigenvalue weighted by Gasteiger charge is -2.42. The third kappa shape index (κ3) is 5.30. The van der Waals surface area contributed by atoms with E-state index in [9.17, 15) is 9.59 Å². The van der Waals surface area contributed by atoms with Gasteiger partial charge in [0, 0.05) is 44.5 Å². The summed E-state index contributed by atoms with van der Waals surface area (Å²) in [5.41, 5.74) is 3.74. The fourth-order valence-electron chi connectivity index (χ4n) is 4.92. The van der Waals surface area contributed by atoms with Crippen LogP contribution in [-0.4, -0.2) is 41.8 Å². The van der Waals surface area contributed by atoms with Gasteiger partial charge in [0.1, 0.15) is 0 Å². The van der Waals surface area contributed by atoms with Crippen molar-refractivity contribution < 1.29 is 9.59 Å². The van der Waals surface area contributed by atoms with Crippen LogP contribution < -0.4 is 5.32 Å². The largest absolute Gasteiger partial charge is 0.359 e. The molecule has 0 radical (unpaired) electrons.